The predicted molar refractivity (Wildman–Crippen MR) is 81.5 cm³/mol. The molecule has 0 aliphatic heterocycles. The Hall–Kier alpha value is -1.59. The van der Waals surface area contributed by atoms with Crippen molar-refractivity contribution in [1.82, 2.24) is 10.3 Å². The van der Waals surface area contributed by atoms with Crippen LogP contribution in [0.25, 0.3) is 0 Å². The smallest absolute Gasteiger partial charge is 0.123 e. The van der Waals surface area contributed by atoms with Gasteiger partial charge in [0.05, 0.1) is 20.3 Å². The first-order valence-electron chi connectivity index (χ1n) is 6.62. The molecule has 1 aromatic heterocycles. The molecule has 0 radical (unpaired) electrons. The molecule has 0 fully saturated rings. The van der Waals surface area contributed by atoms with E-state index in [1.807, 2.05) is 29.8 Å². The highest BCUT2D eigenvalue weighted by atomic mass is 32.1. The van der Waals surface area contributed by atoms with Crippen LogP contribution in [0.2, 0.25) is 0 Å². The van der Waals surface area contributed by atoms with Crippen molar-refractivity contribution in [1.29, 1.82) is 0 Å². The second-order valence-corrected chi connectivity index (χ2v) is 5.32. The standard InChI is InChI=1S/C15H20N2O2S/c1-4-13(15-16-7-8-20-15)17-10-11-9-12(18-2)5-6-14(11)19-3/h5-9,13,17H,4,10H2,1-3H3. The van der Waals surface area contributed by atoms with Crippen LogP contribution < -0.4 is 14.8 Å². The van der Waals surface area contributed by atoms with Crippen LogP contribution in [-0.2, 0) is 6.54 Å². The van der Waals surface area contributed by atoms with Crippen molar-refractivity contribution in [2.24, 2.45) is 0 Å². The van der Waals surface area contributed by atoms with Crippen molar-refractivity contribution in [3.63, 3.8) is 0 Å². The highest BCUT2D eigenvalue weighted by Gasteiger charge is 2.13. The van der Waals surface area contributed by atoms with Gasteiger partial charge in [-0.05, 0) is 24.6 Å². The zero-order valence-electron chi connectivity index (χ0n) is 12.1. The van der Waals surface area contributed by atoms with E-state index >= 15 is 0 Å². The predicted octanol–water partition coefficient (Wildman–Crippen LogP) is 3.40. The molecule has 1 heterocycles. The maximum atomic E-state index is 5.39. The molecule has 0 saturated carbocycles. The molecule has 0 aliphatic carbocycles. The van der Waals surface area contributed by atoms with E-state index in [2.05, 4.69) is 17.2 Å². The van der Waals surface area contributed by atoms with Crippen LogP contribution in [-0.4, -0.2) is 19.2 Å². The maximum absolute atomic E-state index is 5.39. The van der Waals surface area contributed by atoms with E-state index in [1.165, 1.54) is 0 Å². The molecule has 4 nitrogen and oxygen atoms in total. The Balaban J connectivity index is 2.09. The average molecular weight is 292 g/mol. The first-order valence-corrected chi connectivity index (χ1v) is 7.50. The van der Waals surface area contributed by atoms with Gasteiger partial charge in [-0.25, -0.2) is 4.98 Å². The van der Waals surface area contributed by atoms with Crippen LogP contribution in [0.15, 0.2) is 29.8 Å². The summed E-state index contributed by atoms with van der Waals surface area (Å²) in [4.78, 5) is 4.38. The largest absolute Gasteiger partial charge is 0.497 e. The van der Waals surface area contributed by atoms with Crippen LogP contribution in [0.3, 0.4) is 0 Å². The van der Waals surface area contributed by atoms with Crippen LogP contribution in [0.5, 0.6) is 11.5 Å². The molecule has 20 heavy (non-hydrogen) atoms. The topological polar surface area (TPSA) is 43.4 Å². The molecule has 0 spiro atoms. The van der Waals surface area contributed by atoms with Gasteiger partial charge in [-0.1, -0.05) is 6.92 Å². The summed E-state index contributed by atoms with van der Waals surface area (Å²) in [6.45, 7) is 2.88. The maximum Gasteiger partial charge on any atom is 0.123 e. The Morgan fingerprint density at radius 1 is 1.30 bits per heavy atom. The third-order valence-corrected chi connectivity index (χ3v) is 4.07. The summed E-state index contributed by atoms with van der Waals surface area (Å²) >= 11 is 1.68. The fraction of sp³-hybridized carbons (Fsp3) is 0.400. The Morgan fingerprint density at radius 3 is 2.75 bits per heavy atom. The SMILES string of the molecule is CCC(NCc1cc(OC)ccc1OC)c1nccs1. The van der Waals surface area contributed by atoms with E-state index in [4.69, 9.17) is 9.47 Å². The van der Waals surface area contributed by atoms with Gasteiger partial charge in [-0.3, -0.25) is 0 Å². The van der Waals surface area contributed by atoms with Gasteiger partial charge in [0.2, 0.25) is 0 Å². The zero-order chi connectivity index (χ0) is 14.4. The lowest BCUT2D eigenvalue weighted by Gasteiger charge is -2.16. The van der Waals surface area contributed by atoms with Gasteiger partial charge < -0.3 is 14.8 Å². The number of ether oxygens (including phenoxy) is 2. The summed E-state index contributed by atoms with van der Waals surface area (Å²) in [5.41, 5.74) is 1.09. The van der Waals surface area contributed by atoms with E-state index in [0.29, 0.717) is 0 Å². The fourth-order valence-electron chi connectivity index (χ4n) is 2.07. The minimum Gasteiger partial charge on any atom is -0.497 e. The summed E-state index contributed by atoms with van der Waals surface area (Å²) in [6.07, 6.45) is 2.84. The van der Waals surface area contributed by atoms with Crippen LogP contribution >= 0.6 is 11.3 Å². The van der Waals surface area contributed by atoms with Gasteiger partial charge in [0.1, 0.15) is 16.5 Å². The van der Waals surface area contributed by atoms with Crippen molar-refractivity contribution in [3.05, 3.63) is 40.3 Å². The van der Waals surface area contributed by atoms with Gasteiger partial charge in [0, 0.05) is 23.7 Å². The molecular formula is C15H20N2O2S. The lowest BCUT2D eigenvalue weighted by molar-refractivity contribution is 0.394. The lowest BCUT2D eigenvalue weighted by atomic mass is 10.1. The second kappa shape index (κ2) is 7.26. The van der Waals surface area contributed by atoms with E-state index < -0.39 is 0 Å². The number of hydrogen-bond acceptors (Lipinski definition) is 5. The van der Waals surface area contributed by atoms with Gasteiger partial charge in [0.15, 0.2) is 0 Å². The quantitative estimate of drug-likeness (QED) is 0.849. The molecule has 1 atom stereocenters. The number of aromatic nitrogens is 1. The van der Waals surface area contributed by atoms with Gasteiger partial charge in [0.25, 0.3) is 0 Å². The van der Waals surface area contributed by atoms with E-state index in [0.717, 1.165) is 35.0 Å². The number of benzene rings is 1. The number of rotatable bonds is 7. The van der Waals surface area contributed by atoms with Crippen LogP contribution in [0.4, 0.5) is 0 Å². The van der Waals surface area contributed by atoms with Crippen LogP contribution in [0, 0.1) is 0 Å². The van der Waals surface area contributed by atoms with Gasteiger partial charge in [-0.15, -0.1) is 11.3 Å². The molecule has 108 valence electrons. The Morgan fingerprint density at radius 2 is 2.15 bits per heavy atom. The molecular weight excluding hydrogens is 272 g/mol. The normalized spacial score (nSPS) is 12.2. The summed E-state index contributed by atoms with van der Waals surface area (Å²) in [5, 5.41) is 6.65. The third-order valence-electron chi connectivity index (χ3n) is 3.18. The Labute approximate surface area is 123 Å². The molecule has 2 aromatic rings. The van der Waals surface area contributed by atoms with Gasteiger partial charge in [-0.2, -0.15) is 0 Å². The number of thiazole rings is 1. The van der Waals surface area contributed by atoms with Gasteiger partial charge >= 0.3 is 0 Å². The molecule has 1 aromatic carbocycles. The second-order valence-electron chi connectivity index (χ2n) is 4.39. The zero-order valence-corrected chi connectivity index (χ0v) is 12.9. The first kappa shape index (κ1) is 14.8. The fourth-order valence-corrected chi connectivity index (χ4v) is 2.86. The molecule has 5 heteroatoms. The lowest BCUT2D eigenvalue weighted by Crippen LogP contribution is -2.20. The van der Waals surface area contributed by atoms with Crippen molar-refractivity contribution in [3.8, 4) is 11.5 Å². The minimum atomic E-state index is 0.269. The summed E-state index contributed by atoms with van der Waals surface area (Å²) in [6, 6.07) is 6.10. The molecule has 1 N–H and O–H groups in total. The van der Waals surface area contributed by atoms with E-state index in [1.54, 1.807) is 25.6 Å². The van der Waals surface area contributed by atoms with E-state index in [-0.39, 0.29) is 6.04 Å². The number of nitrogens with one attached hydrogen (secondary N) is 1. The minimum absolute atomic E-state index is 0.269. The summed E-state index contributed by atoms with van der Waals surface area (Å²) in [5.74, 6) is 1.71. The molecule has 2 rings (SSSR count). The highest BCUT2D eigenvalue weighted by molar-refractivity contribution is 7.09. The van der Waals surface area contributed by atoms with Crippen molar-refractivity contribution < 1.29 is 9.47 Å². The van der Waals surface area contributed by atoms with Crippen molar-refractivity contribution in [2.75, 3.05) is 14.2 Å². The molecule has 0 aliphatic rings. The molecule has 0 bridgehead atoms. The molecule has 1 unspecified atom stereocenters. The van der Waals surface area contributed by atoms with Crippen molar-refractivity contribution >= 4 is 11.3 Å². The molecule has 0 amide bonds. The van der Waals surface area contributed by atoms with Crippen molar-refractivity contribution in [2.45, 2.75) is 25.9 Å². The monoisotopic (exact) mass is 292 g/mol. The average Bonchev–Trinajstić information content (AvgIpc) is 3.02. The first-order chi connectivity index (χ1) is 9.78. The Bertz CT molecular complexity index is 529. The molecule has 0 saturated heterocycles. The Kier molecular flexibility index (Phi) is 5.38. The summed E-state index contributed by atoms with van der Waals surface area (Å²) in [7, 11) is 3.35. The number of nitrogens with zero attached hydrogens (tertiary/aromatic N) is 1. The number of hydrogen-bond donors (Lipinski definition) is 1. The van der Waals surface area contributed by atoms with E-state index in [9.17, 15) is 0 Å². The third kappa shape index (κ3) is 3.49. The summed E-state index contributed by atoms with van der Waals surface area (Å²) < 4.78 is 10.7. The highest BCUT2D eigenvalue weighted by Crippen LogP contribution is 2.25. The van der Waals surface area contributed by atoms with Crippen LogP contribution in [0.1, 0.15) is 30.0 Å². The number of methoxy groups -OCH3 is 2.